The minimum absolute atomic E-state index is 0.00263. The highest BCUT2D eigenvalue weighted by Crippen LogP contribution is 2.29. The van der Waals surface area contributed by atoms with Crippen LogP contribution >= 0.6 is 0 Å². The van der Waals surface area contributed by atoms with Crippen molar-refractivity contribution in [3.8, 4) is 6.07 Å². The molecule has 34 heavy (non-hydrogen) atoms. The summed E-state index contributed by atoms with van der Waals surface area (Å²) >= 11 is 0. The van der Waals surface area contributed by atoms with Gasteiger partial charge in [0.1, 0.15) is 11.6 Å². The van der Waals surface area contributed by atoms with Gasteiger partial charge < -0.3 is 9.88 Å². The Kier molecular flexibility index (Phi) is 6.24. The zero-order valence-corrected chi connectivity index (χ0v) is 18.8. The van der Waals surface area contributed by atoms with Gasteiger partial charge in [-0.05, 0) is 49.2 Å². The monoisotopic (exact) mass is 450 g/mol. The Labute approximate surface area is 196 Å². The third-order valence-corrected chi connectivity index (χ3v) is 5.70. The van der Waals surface area contributed by atoms with Crippen molar-refractivity contribution in [1.29, 1.82) is 5.26 Å². The average Bonchev–Trinajstić information content (AvgIpc) is 3.08. The third-order valence-electron chi connectivity index (χ3n) is 5.70. The van der Waals surface area contributed by atoms with Gasteiger partial charge in [0.25, 0.3) is 11.6 Å². The van der Waals surface area contributed by atoms with E-state index in [0.29, 0.717) is 12.2 Å². The van der Waals surface area contributed by atoms with Crippen molar-refractivity contribution in [2.75, 3.05) is 5.32 Å². The Morgan fingerprint density at radius 3 is 2.50 bits per heavy atom. The lowest BCUT2D eigenvalue weighted by atomic mass is 10.1. The Balaban J connectivity index is 1.71. The van der Waals surface area contributed by atoms with Gasteiger partial charge in [-0.15, -0.1) is 0 Å². The SMILES string of the molecule is Cc1cccc(NC(=O)/C(C#N)=C\c2c(C)n(Cc3ccc([N+](=O)[O-])cc3)c3ccccc23)c1. The van der Waals surface area contributed by atoms with Crippen LogP contribution in [0.5, 0.6) is 0 Å². The largest absolute Gasteiger partial charge is 0.340 e. The minimum Gasteiger partial charge on any atom is -0.340 e. The molecule has 4 rings (SSSR count). The third kappa shape index (κ3) is 4.57. The van der Waals surface area contributed by atoms with Crippen LogP contribution in [0.1, 0.15) is 22.4 Å². The second-order valence-electron chi connectivity index (χ2n) is 8.02. The van der Waals surface area contributed by atoms with Gasteiger partial charge in [-0.25, -0.2) is 0 Å². The quantitative estimate of drug-likeness (QED) is 0.175. The molecule has 0 saturated heterocycles. The van der Waals surface area contributed by atoms with Gasteiger partial charge in [0.15, 0.2) is 0 Å². The predicted octanol–water partition coefficient (Wildman–Crippen LogP) is 5.76. The van der Waals surface area contributed by atoms with Gasteiger partial charge in [0, 0.05) is 46.5 Å². The van der Waals surface area contributed by atoms with Gasteiger partial charge >= 0.3 is 0 Å². The Hall–Kier alpha value is -4.70. The van der Waals surface area contributed by atoms with Crippen molar-refractivity contribution in [1.82, 2.24) is 4.57 Å². The van der Waals surface area contributed by atoms with Crippen LogP contribution in [0, 0.1) is 35.3 Å². The molecule has 3 aromatic carbocycles. The summed E-state index contributed by atoms with van der Waals surface area (Å²) in [7, 11) is 0. The number of aromatic nitrogens is 1. The predicted molar refractivity (Wildman–Crippen MR) is 132 cm³/mol. The highest BCUT2D eigenvalue weighted by atomic mass is 16.6. The summed E-state index contributed by atoms with van der Waals surface area (Å²) in [5.41, 5.74) is 5.20. The molecule has 0 atom stereocenters. The smallest absolute Gasteiger partial charge is 0.269 e. The molecule has 0 aliphatic heterocycles. The van der Waals surface area contributed by atoms with Gasteiger partial charge in [-0.3, -0.25) is 14.9 Å². The Morgan fingerprint density at radius 1 is 1.09 bits per heavy atom. The van der Waals surface area contributed by atoms with Crippen molar-refractivity contribution in [3.05, 3.63) is 111 Å². The molecule has 0 bridgehead atoms. The van der Waals surface area contributed by atoms with E-state index >= 15 is 0 Å². The fourth-order valence-corrected chi connectivity index (χ4v) is 3.96. The van der Waals surface area contributed by atoms with E-state index in [9.17, 15) is 20.2 Å². The highest BCUT2D eigenvalue weighted by Gasteiger charge is 2.17. The fourth-order valence-electron chi connectivity index (χ4n) is 3.96. The number of hydrogen-bond donors (Lipinski definition) is 1. The first kappa shape index (κ1) is 22.5. The van der Waals surface area contributed by atoms with Crippen LogP contribution < -0.4 is 5.32 Å². The topological polar surface area (TPSA) is 101 Å². The summed E-state index contributed by atoms with van der Waals surface area (Å²) in [5.74, 6) is -0.472. The maximum absolute atomic E-state index is 12.8. The summed E-state index contributed by atoms with van der Waals surface area (Å²) in [6.07, 6.45) is 1.62. The number of anilines is 1. The molecule has 0 saturated carbocycles. The number of aryl methyl sites for hydroxylation is 1. The molecule has 0 aliphatic rings. The molecule has 0 spiro atoms. The maximum Gasteiger partial charge on any atom is 0.269 e. The number of rotatable bonds is 6. The normalized spacial score (nSPS) is 11.3. The highest BCUT2D eigenvalue weighted by molar-refractivity contribution is 6.11. The summed E-state index contributed by atoms with van der Waals surface area (Å²) in [6.45, 7) is 4.36. The molecule has 1 amide bonds. The van der Waals surface area contributed by atoms with Crippen LogP contribution in [0.15, 0.2) is 78.4 Å². The van der Waals surface area contributed by atoms with Crippen LogP contribution in [0.25, 0.3) is 17.0 Å². The number of nitro groups is 1. The van der Waals surface area contributed by atoms with E-state index in [1.807, 2.05) is 62.4 Å². The molecule has 168 valence electrons. The lowest BCUT2D eigenvalue weighted by Crippen LogP contribution is -2.13. The van der Waals surface area contributed by atoms with E-state index in [1.54, 1.807) is 24.3 Å². The second-order valence-corrected chi connectivity index (χ2v) is 8.02. The van der Waals surface area contributed by atoms with E-state index in [4.69, 9.17) is 0 Å². The molecule has 0 radical (unpaired) electrons. The lowest BCUT2D eigenvalue weighted by Gasteiger charge is -2.09. The zero-order chi connectivity index (χ0) is 24.2. The van der Waals surface area contributed by atoms with Crippen molar-refractivity contribution < 1.29 is 9.72 Å². The molecule has 4 aromatic rings. The Bertz CT molecular complexity index is 1470. The number of nitriles is 1. The molecule has 0 unspecified atom stereocenters. The zero-order valence-electron chi connectivity index (χ0n) is 18.8. The number of nitro benzene ring substituents is 1. The van der Waals surface area contributed by atoms with Gasteiger partial charge in [0.05, 0.1) is 4.92 Å². The van der Waals surface area contributed by atoms with Crippen molar-refractivity contribution >= 4 is 34.3 Å². The average molecular weight is 450 g/mol. The molecule has 1 aromatic heterocycles. The van der Waals surface area contributed by atoms with Gasteiger partial charge in [-0.2, -0.15) is 5.26 Å². The van der Waals surface area contributed by atoms with E-state index in [0.717, 1.165) is 33.3 Å². The summed E-state index contributed by atoms with van der Waals surface area (Å²) in [5, 5.41) is 24.4. The molecule has 0 fully saturated rings. The molecule has 1 heterocycles. The van der Waals surface area contributed by atoms with E-state index in [2.05, 4.69) is 9.88 Å². The number of fused-ring (bicyclic) bond motifs is 1. The molecule has 7 heteroatoms. The summed E-state index contributed by atoms with van der Waals surface area (Å²) in [4.78, 5) is 23.4. The number of nitrogens with one attached hydrogen (secondary N) is 1. The number of carbonyl (C=O) groups is 1. The lowest BCUT2D eigenvalue weighted by molar-refractivity contribution is -0.384. The number of hydrogen-bond acceptors (Lipinski definition) is 4. The first-order valence-corrected chi connectivity index (χ1v) is 10.7. The molecule has 1 N–H and O–H groups in total. The standard InChI is InChI=1S/C27H22N4O3/c1-18-6-5-7-22(14-18)29-27(32)21(16-28)15-25-19(2)30(26-9-4-3-8-24(25)26)17-20-10-12-23(13-11-20)31(33)34/h3-15H,17H2,1-2H3,(H,29,32)/b21-15-. The van der Waals surface area contributed by atoms with Crippen LogP contribution in [0.2, 0.25) is 0 Å². The van der Waals surface area contributed by atoms with Crippen molar-refractivity contribution in [2.45, 2.75) is 20.4 Å². The van der Waals surface area contributed by atoms with Crippen LogP contribution in [-0.2, 0) is 11.3 Å². The van der Waals surface area contributed by atoms with Gasteiger partial charge in [0.2, 0.25) is 0 Å². The number of para-hydroxylation sites is 1. The van der Waals surface area contributed by atoms with Gasteiger partial charge in [-0.1, -0.05) is 42.5 Å². The number of amides is 1. The number of non-ortho nitro benzene ring substituents is 1. The molecule has 0 aliphatic carbocycles. The molecular formula is C27H22N4O3. The molecular weight excluding hydrogens is 428 g/mol. The molecule has 7 nitrogen and oxygen atoms in total. The second kappa shape index (κ2) is 9.43. The van der Waals surface area contributed by atoms with Crippen molar-refractivity contribution in [3.63, 3.8) is 0 Å². The number of carbonyl (C=O) groups excluding carboxylic acids is 1. The van der Waals surface area contributed by atoms with Crippen LogP contribution in [0.4, 0.5) is 11.4 Å². The minimum atomic E-state index is -0.472. The van der Waals surface area contributed by atoms with Crippen LogP contribution in [-0.4, -0.2) is 15.4 Å². The number of nitrogens with zero attached hydrogens (tertiary/aromatic N) is 3. The first-order chi connectivity index (χ1) is 16.4. The van der Waals surface area contributed by atoms with E-state index in [1.165, 1.54) is 12.1 Å². The fraction of sp³-hybridized carbons (Fsp3) is 0.111. The maximum atomic E-state index is 12.8. The van der Waals surface area contributed by atoms with E-state index in [-0.39, 0.29) is 11.3 Å². The van der Waals surface area contributed by atoms with E-state index < -0.39 is 10.8 Å². The Morgan fingerprint density at radius 2 is 1.82 bits per heavy atom. The van der Waals surface area contributed by atoms with Crippen LogP contribution in [0.3, 0.4) is 0 Å². The summed E-state index contributed by atoms with van der Waals surface area (Å²) < 4.78 is 2.08. The van der Waals surface area contributed by atoms with Crippen molar-refractivity contribution in [2.24, 2.45) is 0 Å². The first-order valence-electron chi connectivity index (χ1n) is 10.7. The summed E-state index contributed by atoms with van der Waals surface area (Å²) in [6, 6.07) is 23.6. The number of benzene rings is 3.